The van der Waals surface area contributed by atoms with Gasteiger partial charge in [0.1, 0.15) is 0 Å². The summed E-state index contributed by atoms with van der Waals surface area (Å²) in [4.78, 5) is 0. The quantitative estimate of drug-likeness (QED) is 0.575. The zero-order valence-corrected chi connectivity index (χ0v) is 10.3. The smallest absolute Gasteiger partial charge is 0.198 e. The first-order chi connectivity index (χ1) is 9.58. The minimum absolute atomic E-state index is 0.0816. The summed E-state index contributed by atoms with van der Waals surface area (Å²) in [5.41, 5.74) is 1.11. The van der Waals surface area contributed by atoms with Crippen molar-refractivity contribution in [3.63, 3.8) is 0 Å². The summed E-state index contributed by atoms with van der Waals surface area (Å²) < 4.78 is 2.53. The van der Waals surface area contributed by atoms with Crippen LogP contribution in [0.3, 0.4) is 0 Å². The summed E-state index contributed by atoms with van der Waals surface area (Å²) in [5, 5.41) is 38.6. The van der Waals surface area contributed by atoms with Gasteiger partial charge in [-0.1, -0.05) is 0 Å². The molecule has 3 aromatic rings. The fourth-order valence-corrected chi connectivity index (χ4v) is 2.11. The van der Waals surface area contributed by atoms with Gasteiger partial charge in [0, 0.05) is 24.3 Å². The summed E-state index contributed by atoms with van der Waals surface area (Å²) in [7, 11) is 0. The fourth-order valence-electron chi connectivity index (χ4n) is 2.11. The molecular weight excluding hydrogens is 260 g/mol. The van der Waals surface area contributed by atoms with E-state index in [0.29, 0.717) is 11.4 Å². The Bertz CT molecular complexity index is 652. The van der Waals surface area contributed by atoms with Gasteiger partial charge in [0.15, 0.2) is 23.5 Å². The second kappa shape index (κ2) is 4.27. The lowest BCUT2D eigenvalue weighted by Crippen LogP contribution is -1.95. The monoisotopic (exact) mass is 272 g/mol. The Labute approximate surface area is 114 Å². The first-order valence-electron chi connectivity index (χ1n) is 5.88. The number of aromatic hydroxyl groups is 4. The number of hydrogen-bond donors (Lipinski definition) is 4. The maximum absolute atomic E-state index is 9.64. The highest BCUT2D eigenvalue weighted by Gasteiger charge is 2.10. The molecule has 0 saturated carbocycles. The highest BCUT2D eigenvalue weighted by atomic mass is 16.3. The summed E-state index contributed by atoms with van der Waals surface area (Å²) >= 11 is 0. The van der Waals surface area contributed by atoms with Gasteiger partial charge in [-0.3, -0.25) is 9.13 Å². The molecule has 1 aromatic carbocycles. The van der Waals surface area contributed by atoms with Gasteiger partial charge in [-0.2, -0.15) is 0 Å². The molecule has 20 heavy (non-hydrogen) atoms. The van der Waals surface area contributed by atoms with E-state index in [4.69, 9.17) is 0 Å². The van der Waals surface area contributed by atoms with Crippen LogP contribution in [0.15, 0.2) is 48.5 Å². The summed E-state index contributed by atoms with van der Waals surface area (Å²) in [6, 6.07) is 12.1. The summed E-state index contributed by atoms with van der Waals surface area (Å²) in [5.74, 6) is -0.326. The van der Waals surface area contributed by atoms with E-state index >= 15 is 0 Å². The molecule has 0 fully saturated rings. The van der Waals surface area contributed by atoms with E-state index in [2.05, 4.69) is 0 Å². The van der Waals surface area contributed by atoms with Gasteiger partial charge in [-0.25, -0.2) is 0 Å². The first kappa shape index (κ1) is 12.0. The lowest BCUT2D eigenvalue weighted by atomic mass is 10.2. The van der Waals surface area contributed by atoms with Crippen LogP contribution in [0.4, 0.5) is 0 Å². The van der Waals surface area contributed by atoms with Crippen LogP contribution in [0.25, 0.3) is 11.4 Å². The molecule has 0 bridgehead atoms. The van der Waals surface area contributed by atoms with Crippen LogP contribution < -0.4 is 0 Å². The molecule has 0 amide bonds. The molecule has 4 N–H and O–H groups in total. The minimum atomic E-state index is -0.0816. The molecule has 6 nitrogen and oxygen atoms in total. The number of hydrogen-bond acceptors (Lipinski definition) is 4. The van der Waals surface area contributed by atoms with Crippen molar-refractivity contribution in [1.29, 1.82) is 0 Å². The molecule has 0 aliphatic rings. The molecule has 0 aliphatic heterocycles. The third-order valence-electron chi connectivity index (χ3n) is 3.05. The van der Waals surface area contributed by atoms with E-state index < -0.39 is 0 Å². The molecule has 0 spiro atoms. The standard InChI is InChI=1S/C14H12N2O4/c17-11-5-6-12(18)15(11)9-1-2-10(4-3-9)16-13(19)7-8-14(16)20/h1-8,17-20H. The van der Waals surface area contributed by atoms with Gasteiger partial charge in [0.05, 0.1) is 11.4 Å². The summed E-state index contributed by atoms with van der Waals surface area (Å²) in [6.07, 6.45) is 0. The van der Waals surface area contributed by atoms with E-state index in [0.717, 1.165) is 0 Å². The lowest BCUT2D eigenvalue weighted by molar-refractivity contribution is 0.400. The van der Waals surface area contributed by atoms with Crippen LogP contribution in [-0.4, -0.2) is 29.6 Å². The maximum Gasteiger partial charge on any atom is 0.198 e. The third-order valence-corrected chi connectivity index (χ3v) is 3.05. The normalized spacial score (nSPS) is 10.8. The topological polar surface area (TPSA) is 90.8 Å². The molecule has 0 atom stereocenters. The SMILES string of the molecule is Oc1ccc(O)n1-c1ccc(-n2c(O)ccc2O)cc1. The van der Waals surface area contributed by atoms with Crippen molar-refractivity contribution in [2.75, 3.05) is 0 Å². The van der Waals surface area contributed by atoms with Gasteiger partial charge in [-0.05, 0) is 24.3 Å². The van der Waals surface area contributed by atoms with Crippen LogP contribution in [0.5, 0.6) is 23.5 Å². The van der Waals surface area contributed by atoms with Crippen molar-refractivity contribution < 1.29 is 20.4 Å². The van der Waals surface area contributed by atoms with Crippen molar-refractivity contribution in [3.8, 4) is 34.9 Å². The van der Waals surface area contributed by atoms with Crippen molar-refractivity contribution in [2.24, 2.45) is 0 Å². The molecule has 0 aliphatic carbocycles. The molecule has 0 saturated heterocycles. The van der Waals surface area contributed by atoms with E-state index in [1.54, 1.807) is 24.3 Å². The van der Waals surface area contributed by atoms with Crippen LogP contribution in [0.2, 0.25) is 0 Å². The second-order valence-corrected chi connectivity index (χ2v) is 4.29. The number of aromatic nitrogens is 2. The second-order valence-electron chi connectivity index (χ2n) is 4.29. The molecular formula is C14H12N2O4. The summed E-state index contributed by atoms with van der Waals surface area (Å²) in [6.45, 7) is 0. The maximum atomic E-state index is 9.64. The molecule has 0 radical (unpaired) electrons. The van der Waals surface area contributed by atoms with Gasteiger partial charge in [0.2, 0.25) is 0 Å². The average molecular weight is 272 g/mol. The largest absolute Gasteiger partial charge is 0.494 e. The van der Waals surface area contributed by atoms with Crippen LogP contribution in [-0.2, 0) is 0 Å². The first-order valence-corrected chi connectivity index (χ1v) is 5.88. The molecule has 2 heterocycles. The Morgan fingerprint density at radius 1 is 0.450 bits per heavy atom. The van der Waals surface area contributed by atoms with E-state index in [9.17, 15) is 20.4 Å². The predicted octanol–water partition coefficient (Wildman–Crippen LogP) is 2.09. The van der Waals surface area contributed by atoms with E-state index in [1.165, 1.54) is 33.4 Å². The van der Waals surface area contributed by atoms with Crippen LogP contribution in [0.1, 0.15) is 0 Å². The average Bonchev–Trinajstić information content (AvgIpc) is 2.94. The van der Waals surface area contributed by atoms with Crippen molar-refractivity contribution in [2.45, 2.75) is 0 Å². The Kier molecular flexibility index (Phi) is 2.57. The van der Waals surface area contributed by atoms with E-state index in [1.807, 2.05) is 0 Å². The van der Waals surface area contributed by atoms with E-state index in [-0.39, 0.29) is 23.5 Å². The zero-order chi connectivity index (χ0) is 14.3. The van der Waals surface area contributed by atoms with Gasteiger partial charge < -0.3 is 20.4 Å². The zero-order valence-electron chi connectivity index (χ0n) is 10.3. The molecule has 0 unspecified atom stereocenters. The Morgan fingerprint density at radius 2 is 0.700 bits per heavy atom. The highest BCUT2D eigenvalue weighted by Crippen LogP contribution is 2.30. The molecule has 3 rings (SSSR count). The van der Waals surface area contributed by atoms with Gasteiger partial charge in [-0.15, -0.1) is 0 Å². The number of nitrogens with zero attached hydrogens (tertiary/aromatic N) is 2. The van der Waals surface area contributed by atoms with Crippen molar-refractivity contribution in [3.05, 3.63) is 48.5 Å². The fraction of sp³-hybridized carbons (Fsp3) is 0. The number of rotatable bonds is 2. The molecule has 6 heteroatoms. The molecule has 102 valence electrons. The Morgan fingerprint density at radius 3 is 0.950 bits per heavy atom. The predicted molar refractivity (Wildman–Crippen MR) is 71.8 cm³/mol. The van der Waals surface area contributed by atoms with Gasteiger partial charge in [0.25, 0.3) is 0 Å². The van der Waals surface area contributed by atoms with Crippen LogP contribution >= 0.6 is 0 Å². The Balaban J connectivity index is 2.05. The van der Waals surface area contributed by atoms with Gasteiger partial charge >= 0.3 is 0 Å². The minimum Gasteiger partial charge on any atom is -0.494 e. The highest BCUT2D eigenvalue weighted by molar-refractivity contribution is 5.49. The third kappa shape index (κ3) is 1.74. The molecule has 2 aromatic heterocycles. The van der Waals surface area contributed by atoms with Crippen molar-refractivity contribution >= 4 is 0 Å². The van der Waals surface area contributed by atoms with Crippen molar-refractivity contribution in [1.82, 2.24) is 9.13 Å². The van der Waals surface area contributed by atoms with Crippen LogP contribution in [0, 0.1) is 0 Å². The number of benzene rings is 1. The lowest BCUT2D eigenvalue weighted by Gasteiger charge is -2.10. The Hall–Kier alpha value is -3.02.